The zero-order valence-electron chi connectivity index (χ0n) is 22.0. The monoisotopic (exact) mass is 693 g/mol. The first-order valence-electron chi connectivity index (χ1n) is 12.1. The maximum atomic E-state index is 11.6. The fraction of sp³-hybridized carbons (Fsp3) is 0.0714. The number of rotatable bonds is 6. The molecule has 0 spiro atoms. The Morgan fingerprint density at radius 2 is 1.21 bits per heavy atom. The van der Waals surface area contributed by atoms with E-state index in [1.807, 2.05) is 48.5 Å². The topological polar surface area (TPSA) is 160 Å². The lowest BCUT2D eigenvalue weighted by atomic mass is 10.2. The largest absolute Gasteiger partial charge is 0.481 e. The highest BCUT2D eigenvalue weighted by atomic mass is 79.9. The molecule has 2 aromatic carbocycles. The lowest BCUT2D eigenvalue weighted by Gasteiger charge is -2.04. The van der Waals surface area contributed by atoms with E-state index < -0.39 is 11.9 Å². The molecule has 6 aromatic rings. The van der Waals surface area contributed by atoms with Crippen molar-refractivity contribution in [2.75, 3.05) is 14.2 Å². The van der Waals surface area contributed by atoms with Crippen LogP contribution in [-0.2, 0) is 0 Å². The third-order valence-electron chi connectivity index (χ3n) is 6.04. The number of hydrogen-bond acceptors (Lipinski definition) is 8. The molecule has 6 rings (SSSR count). The molecule has 4 heterocycles. The Kier molecular flexibility index (Phi) is 8.17. The summed E-state index contributed by atoms with van der Waals surface area (Å²) in [5, 5.41) is 18.8. The van der Waals surface area contributed by atoms with Gasteiger partial charge in [-0.15, -0.1) is 0 Å². The molecule has 0 bridgehead atoms. The van der Waals surface area contributed by atoms with Crippen molar-refractivity contribution in [3.63, 3.8) is 0 Å². The van der Waals surface area contributed by atoms with Gasteiger partial charge in [-0.25, -0.2) is 24.1 Å². The molecule has 14 heteroatoms. The van der Waals surface area contributed by atoms with Gasteiger partial charge in [-0.2, -0.15) is 10.2 Å². The van der Waals surface area contributed by atoms with E-state index >= 15 is 0 Å². The van der Waals surface area contributed by atoms with Crippen LogP contribution < -0.4 is 15.2 Å². The number of carboxylic acid groups (broad SMARTS) is 1. The first-order chi connectivity index (χ1) is 20.2. The number of carbonyl (C=O) groups is 2. The second-order valence-corrected chi connectivity index (χ2v) is 10.5. The number of nitrogens with zero attached hydrogens (tertiary/aromatic N) is 6. The van der Waals surface area contributed by atoms with Gasteiger partial charge in [-0.1, -0.05) is 44.0 Å². The van der Waals surface area contributed by atoms with Crippen LogP contribution in [0.1, 0.15) is 21.0 Å². The highest BCUT2D eigenvalue weighted by Crippen LogP contribution is 2.27. The fourth-order valence-electron chi connectivity index (χ4n) is 4.16. The Bertz CT molecular complexity index is 1830. The van der Waals surface area contributed by atoms with Gasteiger partial charge in [0.1, 0.15) is 0 Å². The predicted octanol–water partition coefficient (Wildman–Crippen LogP) is 5.18. The summed E-state index contributed by atoms with van der Waals surface area (Å²) < 4.78 is 15.2. The van der Waals surface area contributed by atoms with E-state index in [2.05, 4.69) is 52.0 Å². The summed E-state index contributed by atoms with van der Waals surface area (Å²) in [7, 11) is 3.04. The molecule has 0 saturated carbocycles. The maximum absolute atomic E-state index is 11.6. The number of halogens is 2. The van der Waals surface area contributed by atoms with E-state index in [0.29, 0.717) is 33.6 Å². The molecule has 4 aromatic heterocycles. The molecule has 0 aliphatic carbocycles. The first kappa shape index (κ1) is 28.7. The predicted molar refractivity (Wildman–Crippen MR) is 162 cm³/mol. The first-order valence-corrected chi connectivity index (χ1v) is 13.7. The minimum Gasteiger partial charge on any atom is -0.481 e. The molecule has 1 amide bonds. The van der Waals surface area contributed by atoms with Crippen LogP contribution in [0.25, 0.3) is 33.2 Å². The molecular formula is C28H21Br2N7O5. The number of primary amides is 1. The molecule has 42 heavy (non-hydrogen) atoms. The molecule has 3 N–H and O–H groups in total. The van der Waals surface area contributed by atoms with Crippen LogP contribution in [0.4, 0.5) is 0 Å². The molecule has 12 nitrogen and oxygen atoms in total. The number of fused-ring (bicyclic) bond motifs is 2. The molecule has 0 aliphatic rings. The number of aromatic carboxylic acids is 1. The summed E-state index contributed by atoms with van der Waals surface area (Å²) in [6.45, 7) is 0. The minimum atomic E-state index is -1.10. The normalized spacial score (nSPS) is 10.8. The molecular weight excluding hydrogens is 674 g/mol. The van der Waals surface area contributed by atoms with Crippen molar-refractivity contribution in [3.8, 4) is 23.1 Å². The van der Waals surface area contributed by atoms with Crippen molar-refractivity contribution >= 4 is 65.5 Å². The van der Waals surface area contributed by atoms with Crippen LogP contribution in [0.5, 0.6) is 11.8 Å². The Morgan fingerprint density at radius 3 is 1.62 bits per heavy atom. The minimum absolute atomic E-state index is 0.0415. The molecule has 0 aliphatic heterocycles. The van der Waals surface area contributed by atoms with Crippen molar-refractivity contribution in [3.05, 3.63) is 93.4 Å². The van der Waals surface area contributed by atoms with Gasteiger partial charge in [0, 0.05) is 33.5 Å². The van der Waals surface area contributed by atoms with Gasteiger partial charge in [0.05, 0.1) is 47.4 Å². The number of carbonyl (C=O) groups excluding carboxylic acids is 1. The SMILES string of the molecule is COc1cc2c(cn1)c(C(=O)O)nn2-c1cccc(Br)c1.COc1cc2c(cn1)c(C(N)=O)nn2-c1cccc(Br)c1. The Balaban J connectivity index is 0.000000168. The fourth-order valence-corrected chi connectivity index (χ4v) is 4.93. The van der Waals surface area contributed by atoms with E-state index in [4.69, 9.17) is 15.2 Å². The van der Waals surface area contributed by atoms with Gasteiger partial charge in [0.25, 0.3) is 5.91 Å². The molecule has 0 atom stereocenters. The van der Waals surface area contributed by atoms with E-state index in [0.717, 1.165) is 20.3 Å². The van der Waals surface area contributed by atoms with Crippen molar-refractivity contribution in [2.45, 2.75) is 0 Å². The molecule has 0 fully saturated rings. The summed E-state index contributed by atoms with van der Waals surface area (Å²) in [6, 6.07) is 18.4. The highest BCUT2D eigenvalue weighted by Gasteiger charge is 2.19. The van der Waals surface area contributed by atoms with Crippen LogP contribution in [0.15, 0.2) is 82.0 Å². The van der Waals surface area contributed by atoms with Gasteiger partial charge in [0.15, 0.2) is 11.4 Å². The van der Waals surface area contributed by atoms with E-state index in [1.54, 1.807) is 21.5 Å². The Morgan fingerprint density at radius 1 is 0.762 bits per heavy atom. The number of ether oxygens (including phenoxy) is 2. The van der Waals surface area contributed by atoms with Crippen molar-refractivity contribution < 1.29 is 24.2 Å². The van der Waals surface area contributed by atoms with Gasteiger partial charge < -0.3 is 20.3 Å². The van der Waals surface area contributed by atoms with Gasteiger partial charge in [-0.3, -0.25) is 4.79 Å². The maximum Gasteiger partial charge on any atom is 0.357 e. The summed E-state index contributed by atoms with van der Waals surface area (Å²) in [5.74, 6) is -0.855. The lowest BCUT2D eigenvalue weighted by Crippen LogP contribution is -2.12. The number of aromatic nitrogens is 6. The van der Waals surface area contributed by atoms with E-state index in [9.17, 15) is 14.7 Å². The standard InChI is InChI=1S/C14H11BrN4O2.C14H10BrN3O3/c1-21-12-6-11-10(7-17-12)13(14(16)20)18-19(11)9-4-2-3-8(15)5-9;1-21-12-6-11-10(7-16-12)13(14(19)20)17-18(11)9-4-2-3-8(15)5-9/h2-7H,1H3,(H2,16,20);2-7H,1H3,(H,19,20). The van der Waals surface area contributed by atoms with Gasteiger partial charge in [-0.05, 0) is 36.4 Å². The third-order valence-corrected chi connectivity index (χ3v) is 7.03. The number of methoxy groups -OCH3 is 2. The molecule has 212 valence electrons. The highest BCUT2D eigenvalue weighted by molar-refractivity contribution is 9.10. The van der Waals surface area contributed by atoms with Crippen LogP contribution in [0, 0.1) is 0 Å². The van der Waals surface area contributed by atoms with E-state index in [-0.39, 0.29) is 11.4 Å². The number of hydrogen-bond donors (Lipinski definition) is 2. The summed E-state index contributed by atoms with van der Waals surface area (Å²) >= 11 is 6.81. The molecule has 0 unspecified atom stereocenters. The summed E-state index contributed by atoms with van der Waals surface area (Å²) in [4.78, 5) is 31.0. The number of benzene rings is 2. The second kappa shape index (κ2) is 12.0. The van der Waals surface area contributed by atoms with Crippen LogP contribution in [0.3, 0.4) is 0 Å². The van der Waals surface area contributed by atoms with Crippen molar-refractivity contribution in [1.29, 1.82) is 0 Å². The molecule has 0 saturated heterocycles. The summed E-state index contributed by atoms with van der Waals surface area (Å²) in [5.41, 5.74) is 8.40. The summed E-state index contributed by atoms with van der Waals surface area (Å²) in [6.07, 6.45) is 2.99. The Labute approximate surface area is 255 Å². The zero-order chi connectivity index (χ0) is 30.0. The number of carboxylic acids is 1. The quantitative estimate of drug-likeness (QED) is 0.239. The number of amides is 1. The number of pyridine rings is 2. The third kappa shape index (κ3) is 5.66. The molecule has 0 radical (unpaired) electrons. The van der Waals surface area contributed by atoms with Crippen LogP contribution >= 0.6 is 31.9 Å². The lowest BCUT2D eigenvalue weighted by molar-refractivity contribution is 0.0691. The zero-order valence-corrected chi connectivity index (χ0v) is 25.2. The average molecular weight is 695 g/mol. The van der Waals surface area contributed by atoms with E-state index in [1.165, 1.54) is 26.6 Å². The smallest absolute Gasteiger partial charge is 0.357 e. The van der Waals surface area contributed by atoms with Crippen LogP contribution in [-0.4, -0.2) is 60.7 Å². The second-order valence-electron chi connectivity index (χ2n) is 8.64. The van der Waals surface area contributed by atoms with Gasteiger partial charge >= 0.3 is 5.97 Å². The van der Waals surface area contributed by atoms with Gasteiger partial charge in [0.2, 0.25) is 11.8 Å². The average Bonchev–Trinajstić information content (AvgIpc) is 3.56. The Hall–Kier alpha value is -4.82. The van der Waals surface area contributed by atoms with Crippen LogP contribution in [0.2, 0.25) is 0 Å². The number of nitrogens with two attached hydrogens (primary N) is 1. The van der Waals surface area contributed by atoms with Crippen molar-refractivity contribution in [2.24, 2.45) is 5.73 Å². The van der Waals surface area contributed by atoms with Crippen molar-refractivity contribution in [1.82, 2.24) is 29.5 Å².